The van der Waals surface area contributed by atoms with E-state index in [9.17, 15) is 0 Å². The second-order valence-corrected chi connectivity index (χ2v) is 26.3. The normalized spacial score (nSPS) is 11.6. The van der Waals surface area contributed by atoms with Crippen LogP contribution in [0.25, 0.3) is 109 Å². The Morgan fingerprint density at radius 2 is 0.574 bits per heavy atom. The van der Waals surface area contributed by atoms with E-state index in [1.165, 1.54) is 165 Å². The van der Waals surface area contributed by atoms with Crippen molar-refractivity contribution in [1.82, 2.24) is 0 Å². The highest BCUT2D eigenvalue weighted by atomic mass is 15.2. The monoisotopic (exact) mass is 1210 g/mol. The minimum Gasteiger partial charge on any atom is -0.310 e. The van der Waals surface area contributed by atoms with Crippen LogP contribution in [-0.4, -0.2) is 0 Å². The molecule has 0 spiro atoms. The van der Waals surface area contributed by atoms with E-state index in [4.69, 9.17) is 0 Å². The number of rotatable bonds is 11. The number of hydrogen-bond acceptors (Lipinski definition) is 2. The number of benzene rings is 16. The Bertz CT molecular complexity index is 5250. The molecule has 0 fully saturated rings. The van der Waals surface area contributed by atoms with Gasteiger partial charge in [-0.25, -0.2) is 0 Å². The van der Waals surface area contributed by atoms with Crippen molar-refractivity contribution in [2.45, 2.75) is 67.2 Å². The fourth-order valence-corrected chi connectivity index (χ4v) is 14.7. The molecule has 0 amide bonds. The van der Waals surface area contributed by atoms with Crippen molar-refractivity contribution < 1.29 is 0 Å². The van der Waals surface area contributed by atoms with Crippen molar-refractivity contribution in [2.24, 2.45) is 0 Å². The van der Waals surface area contributed by atoms with Gasteiger partial charge >= 0.3 is 0 Å². The molecule has 0 bridgehead atoms. The second kappa shape index (κ2) is 24.9. The molecule has 0 saturated heterocycles. The lowest BCUT2D eigenvalue weighted by molar-refractivity contribution is 0.866. The minimum absolute atomic E-state index is 0.465. The molecule has 0 saturated carbocycles. The summed E-state index contributed by atoms with van der Waals surface area (Å²) in [7, 11) is 0. The van der Waals surface area contributed by atoms with Gasteiger partial charge in [0.15, 0.2) is 0 Å². The third-order valence-corrected chi connectivity index (χ3v) is 19.1. The first-order valence-electron chi connectivity index (χ1n) is 33.3. The Kier molecular flexibility index (Phi) is 15.7. The Hall–Kier alpha value is -11.1. The van der Waals surface area contributed by atoms with Crippen LogP contribution in [0, 0.1) is 27.7 Å². The molecule has 2 nitrogen and oxygen atoms in total. The van der Waals surface area contributed by atoms with Crippen LogP contribution < -0.4 is 9.80 Å². The van der Waals surface area contributed by atoms with E-state index >= 15 is 0 Å². The van der Waals surface area contributed by atoms with Crippen LogP contribution in [0.5, 0.6) is 0 Å². The highest BCUT2D eigenvalue weighted by molar-refractivity contribution is 6.25. The van der Waals surface area contributed by atoms with Gasteiger partial charge in [-0.3, -0.25) is 0 Å². The lowest BCUT2D eigenvalue weighted by atomic mass is 9.85. The van der Waals surface area contributed by atoms with Crippen LogP contribution in [0.1, 0.15) is 72.9 Å². The van der Waals surface area contributed by atoms with E-state index < -0.39 is 0 Å². The molecule has 0 aliphatic carbocycles. The lowest BCUT2D eigenvalue weighted by Gasteiger charge is -2.30. The number of fused-ring (bicyclic) bond motifs is 9. The van der Waals surface area contributed by atoms with E-state index in [0.29, 0.717) is 11.8 Å². The maximum Gasteiger partial charge on any atom is 0.0546 e. The average Bonchev–Trinajstić information content (AvgIpc) is 0.737. The SMILES string of the molecule is Cc1cc(C)cc(N(c2ccc(C(C)C)cc2)c2cc3c4ccccc4c(N(c4ccc(C(C)C)cc4)c4cc(C)cc(C)c4)cc3c3ccccc23)c1.c1ccc2cc(-c3c4ccccc4c(-c4ccc(-c5cccc6ccccc56)cc4)c4ccccc34)ccc2c1. The number of anilines is 6. The molecule has 0 aliphatic rings. The Balaban J connectivity index is 0.000000162. The van der Waals surface area contributed by atoms with Crippen molar-refractivity contribution in [3.63, 3.8) is 0 Å². The van der Waals surface area contributed by atoms with Crippen molar-refractivity contribution >= 4 is 110 Å². The van der Waals surface area contributed by atoms with Gasteiger partial charge in [0.05, 0.1) is 11.4 Å². The average molecular weight is 1210 g/mol. The molecular formula is C92H76N2. The molecule has 0 radical (unpaired) electrons. The fraction of sp³-hybridized carbons (Fsp3) is 0.109. The van der Waals surface area contributed by atoms with Crippen LogP contribution in [0.2, 0.25) is 0 Å². The van der Waals surface area contributed by atoms with E-state index in [1.54, 1.807) is 0 Å². The molecule has 16 aromatic carbocycles. The second-order valence-electron chi connectivity index (χ2n) is 26.3. The van der Waals surface area contributed by atoms with Gasteiger partial charge in [0.1, 0.15) is 0 Å². The third kappa shape index (κ3) is 11.1. The zero-order valence-electron chi connectivity index (χ0n) is 54.9. The topological polar surface area (TPSA) is 6.48 Å². The molecule has 0 aromatic heterocycles. The van der Waals surface area contributed by atoms with Gasteiger partial charge < -0.3 is 9.80 Å². The Morgan fingerprint density at radius 1 is 0.223 bits per heavy atom. The first kappa shape index (κ1) is 59.3. The minimum atomic E-state index is 0.465. The molecule has 94 heavy (non-hydrogen) atoms. The van der Waals surface area contributed by atoms with Gasteiger partial charge in [0.2, 0.25) is 0 Å². The smallest absolute Gasteiger partial charge is 0.0546 e. The lowest BCUT2D eigenvalue weighted by Crippen LogP contribution is -2.12. The summed E-state index contributed by atoms with van der Waals surface area (Å²) in [5, 5.41) is 17.6. The van der Waals surface area contributed by atoms with Crippen molar-refractivity contribution in [3.05, 3.63) is 337 Å². The fourth-order valence-electron chi connectivity index (χ4n) is 14.7. The van der Waals surface area contributed by atoms with Crippen LogP contribution >= 0.6 is 0 Å². The maximum absolute atomic E-state index is 2.46. The molecule has 454 valence electrons. The number of hydrogen-bond donors (Lipinski definition) is 0. The highest BCUT2D eigenvalue weighted by Crippen LogP contribution is 2.50. The van der Waals surface area contributed by atoms with Gasteiger partial charge in [-0.15, -0.1) is 0 Å². The van der Waals surface area contributed by atoms with Crippen LogP contribution in [0.15, 0.2) is 303 Å². The summed E-state index contributed by atoms with van der Waals surface area (Å²) >= 11 is 0. The first-order chi connectivity index (χ1) is 45.9. The number of aryl methyl sites for hydroxylation is 4. The van der Waals surface area contributed by atoms with E-state index in [2.05, 4.69) is 369 Å². The molecule has 0 atom stereocenters. The van der Waals surface area contributed by atoms with Crippen molar-refractivity contribution in [1.29, 1.82) is 0 Å². The van der Waals surface area contributed by atoms with E-state index in [-0.39, 0.29) is 0 Å². The van der Waals surface area contributed by atoms with Gasteiger partial charge in [-0.05, 0) is 238 Å². The number of nitrogens with zero attached hydrogens (tertiary/aromatic N) is 2. The van der Waals surface area contributed by atoms with Gasteiger partial charge in [-0.2, -0.15) is 0 Å². The predicted molar refractivity (Wildman–Crippen MR) is 408 cm³/mol. The molecule has 0 unspecified atom stereocenters. The predicted octanol–water partition coefficient (Wildman–Crippen LogP) is 26.9. The summed E-state index contributed by atoms with van der Waals surface area (Å²) in [5.74, 6) is 0.930. The summed E-state index contributed by atoms with van der Waals surface area (Å²) in [4.78, 5) is 4.93. The molecule has 0 aliphatic heterocycles. The van der Waals surface area contributed by atoms with Crippen molar-refractivity contribution in [2.75, 3.05) is 9.80 Å². The summed E-state index contributed by atoms with van der Waals surface area (Å²) in [5.41, 5.74) is 22.3. The van der Waals surface area contributed by atoms with Gasteiger partial charge in [-0.1, -0.05) is 264 Å². The summed E-state index contributed by atoms with van der Waals surface area (Å²) in [6.07, 6.45) is 0. The standard InChI is InChI=1S/C52H50N2.C40H26/c1-33(2)39-17-21-41(22-18-39)53(43-27-35(5)25-36(6)28-43)51-31-49-46-14-10-12-16-48(46)52(32-50(49)45-13-9-11-15-47(45)51)54(44-29-37(7)26-38(8)30-44)42-23-19-40(20-24-42)34(3)4;1-2-12-31-26-32(25-20-27(31)10-1)40-37-17-7-5-15-35(37)39(36-16-6-8-18-38(36)40)30-23-21-29(22-24-30)34-19-9-13-28-11-3-4-14-33(28)34/h9-34H,1-8H3;1-26H. The molecule has 16 rings (SSSR count). The summed E-state index contributed by atoms with van der Waals surface area (Å²) in [6, 6.07) is 112. The van der Waals surface area contributed by atoms with Gasteiger partial charge in [0, 0.05) is 33.5 Å². The zero-order chi connectivity index (χ0) is 64.1. The Labute approximate surface area is 553 Å². The van der Waals surface area contributed by atoms with Crippen LogP contribution in [0.4, 0.5) is 34.1 Å². The van der Waals surface area contributed by atoms with Crippen LogP contribution in [-0.2, 0) is 0 Å². The maximum atomic E-state index is 2.46. The summed E-state index contributed by atoms with van der Waals surface area (Å²) in [6.45, 7) is 17.8. The van der Waals surface area contributed by atoms with E-state index in [0.717, 1.165) is 11.4 Å². The van der Waals surface area contributed by atoms with E-state index in [1.807, 2.05) is 0 Å². The van der Waals surface area contributed by atoms with Crippen molar-refractivity contribution in [3.8, 4) is 33.4 Å². The Morgan fingerprint density at radius 3 is 1.02 bits per heavy atom. The zero-order valence-corrected chi connectivity index (χ0v) is 54.9. The quantitative estimate of drug-likeness (QED) is 0.0941. The largest absolute Gasteiger partial charge is 0.310 e. The molecule has 2 heteroatoms. The van der Waals surface area contributed by atoms with Gasteiger partial charge in [0.25, 0.3) is 0 Å². The molecule has 16 aromatic rings. The summed E-state index contributed by atoms with van der Waals surface area (Å²) < 4.78 is 0. The first-order valence-corrected chi connectivity index (χ1v) is 33.3. The third-order valence-electron chi connectivity index (χ3n) is 19.1. The van der Waals surface area contributed by atoms with Crippen LogP contribution in [0.3, 0.4) is 0 Å². The molecule has 0 N–H and O–H groups in total. The highest BCUT2D eigenvalue weighted by Gasteiger charge is 2.24. The molecule has 0 heterocycles. The molecular weight excluding hydrogens is 1130 g/mol.